The minimum Gasteiger partial charge on any atom is -0.292 e. The minimum absolute atomic E-state index is 0.207. The molecule has 1 aromatic heterocycles. The van der Waals surface area contributed by atoms with Gasteiger partial charge in [0.15, 0.2) is 0 Å². The Bertz CT molecular complexity index is 433. The van der Waals surface area contributed by atoms with Crippen molar-refractivity contribution < 1.29 is 9.59 Å². The van der Waals surface area contributed by atoms with Crippen molar-refractivity contribution in [3.05, 3.63) is 17.0 Å². The van der Waals surface area contributed by atoms with Crippen molar-refractivity contribution in [2.45, 2.75) is 27.7 Å². The Hall–Kier alpha value is -1.65. The number of hydrogen-bond acceptors (Lipinski definition) is 3. The zero-order valence-corrected chi connectivity index (χ0v) is 10.3. The monoisotopic (exact) mass is 223 g/mol. The second kappa shape index (κ2) is 4.47. The Balaban J connectivity index is 2.93. The molecule has 0 aliphatic heterocycles. The molecule has 5 nitrogen and oxygen atoms in total. The van der Waals surface area contributed by atoms with E-state index in [1.165, 1.54) is 0 Å². The molecule has 1 aromatic rings. The van der Waals surface area contributed by atoms with Crippen molar-refractivity contribution in [3.63, 3.8) is 0 Å². The van der Waals surface area contributed by atoms with Gasteiger partial charge >= 0.3 is 0 Å². The SMILES string of the molecule is Cc1nn(C)c(C)c1C(=O)NC(=O)C(C)C. The zero-order chi connectivity index (χ0) is 12.5. The third-order valence-electron chi connectivity index (χ3n) is 2.50. The number of aromatic nitrogens is 2. The summed E-state index contributed by atoms with van der Waals surface area (Å²) in [6.07, 6.45) is 0. The molecule has 0 radical (unpaired) electrons. The first-order valence-electron chi connectivity index (χ1n) is 5.20. The molecule has 0 aliphatic carbocycles. The largest absolute Gasteiger partial charge is 0.292 e. The number of amides is 2. The Kier molecular flexibility index (Phi) is 3.47. The van der Waals surface area contributed by atoms with Gasteiger partial charge < -0.3 is 0 Å². The number of rotatable bonds is 2. The topological polar surface area (TPSA) is 64.0 Å². The van der Waals surface area contributed by atoms with Crippen molar-refractivity contribution in [2.75, 3.05) is 0 Å². The Morgan fingerprint density at radius 3 is 2.25 bits per heavy atom. The second-order valence-electron chi connectivity index (χ2n) is 4.14. The normalized spacial score (nSPS) is 10.6. The molecule has 2 amide bonds. The number of aryl methyl sites for hydroxylation is 2. The maximum absolute atomic E-state index is 11.8. The number of nitrogens with zero attached hydrogens (tertiary/aromatic N) is 2. The average molecular weight is 223 g/mol. The molecule has 88 valence electrons. The summed E-state index contributed by atoms with van der Waals surface area (Å²) < 4.78 is 1.63. The molecule has 0 aromatic carbocycles. The first kappa shape index (κ1) is 12.4. The standard InChI is InChI=1S/C11H17N3O2/c1-6(2)10(15)12-11(16)9-7(3)13-14(5)8(9)4/h6H,1-5H3,(H,12,15,16). The van der Waals surface area contributed by atoms with E-state index in [1.54, 1.807) is 39.4 Å². The molecular weight excluding hydrogens is 206 g/mol. The van der Waals surface area contributed by atoms with Crippen LogP contribution >= 0.6 is 0 Å². The summed E-state index contributed by atoms with van der Waals surface area (Å²) in [7, 11) is 1.77. The van der Waals surface area contributed by atoms with E-state index in [0.717, 1.165) is 5.69 Å². The number of carbonyl (C=O) groups excluding carboxylic acids is 2. The van der Waals surface area contributed by atoms with Gasteiger partial charge in [-0.1, -0.05) is 13.8 Å². The van der Waals surface area contributed by atoms with Crippen molar-refractivity contribution in [1.29, 1.82) is 0 Å². The van der Waals surface area contributed by atoms with E-state index < -0.39 is 0 Å². The minimum atomic E-state index is -0.373. The molecule has 0 saturated heterocycles. The third kappa shape index (κ3) is 2.29. The molecule has 0 fully saturated rings. The summed E-state index contributed by atoms with van der Waals surface area (Å²) in [5, 5.41) is 6.49. The van der Waals surface area contributed by atoms with E-state index in [4.69, 9.17) is 0 Å². The second-order valence-corrected chi connectivity index (χ2v) is 4.14. The molecular formula is C11H17N3O2. The van der Waals surface area contributed by atoms with Crippen molar-refractivity contribution in [1.82, 2.24) is 15.1 Å². The van der Waals surface area contributed by atoms with E-state index in [1.807, 2.05) is 0 Å². The Morgan fingerprint density at radius 2 is 1.88 bits per heavy atom. The molecule has 16 heavy (non-hydrogen) atoms. The highest BCUT2D eigenvalue weighted by atomic mass is 16.2. The fourth-order valence-corrected chi connectivity index (χ4v) is 1.42. The van der Waals surface area contributed by atoms with Crippen LogP contribution in [0.25, 0.3) is 0 Å². The lowest BCUT2D eigenvalue weighted by atomic mass is 10.1. The number of hydrogen-bond donors (Lipinski definition) is 1. The van der Waals surface area contributed by atoms with Crippen LogP contribution in [0.5, 0.6) is 0 Å². The highest BCUT2D eigenvalue weighted by Gasteiger charge is 2.20. The van der Waals surface area contributed by atoms with Gasteiger partial charge in [-0.2, -0.15) is 5.10 Å². The quantitative estimate of drug-likeness (QED) is 0.811. The molecule has 0 atom stereocenters. The van der Waals surface area contributed by atoms with Crippen LogP contribution in [-0.2, 0) is 11.8 Å². The lowest BCUT2D eigenvalue weighted by Gasteiger charge is -2.06. The number of nitrogens with one attached hydrogen (secondary N) is 1. The molecule has 0 bridgehead atoms. The van der Waals surface area contributed by atoms with Crippen LogP contribution in [0.15, 0.2) is 0 Å². The van der Waals surface area contributed by atoms with Gasteiger partial charge in [-0.3, -0.25) is 19.6 Å². The molecule has 0 unspecified atom stereocenters. The zero-order valence-electron chi connectivity index (χ0n) is 10.3. The maximum Gasteiger partial charge on any atom is 0.261 e. The van der Waals surface area contributed by atoms with E-state index in [-0.39, 0.29) is 17.7 Å². The summed E-state index contributed by atoms with van der Waals surface area (Å²) in [4.78, 5) is 23.2. The van der Waals surface area contributed by atoms with Gasteiger partial charge in [0.2, 0.25) is 5.91 Å². The van der Waals surface area contributed by atoms with Crippen LogP contribution in [0.4, 0.5) is 0 Å². The molecule has 0 spiro atoms. The van der Waals surface area contributed by atoms with Gasteiger partial charge in [-0.25, -0.2) is 0 Å². The lowest BCUT2D eigenvalue weighted by Crippen LogP contribution is -2.34. The summed E-state index contributed by atoms with van der Waals surface area (Å²) in [6, 6.07) is 0. The number of imide groups is 1. The smallest absolute Gasteiger partial charge is 0.261 e. The molecule has 1 rings (SSSR count). The maximum atomic E-state index is 11.8. The first-order valence-corrected chi connectivity index (χ1v) is 5.20. The van der Waals surface area contributed by atoms with Crippen molar-refractivity contribution in [3.8, 4) is 0 Å². The van der Waals surface area contributed by atoms with Crippen LogP contribution < -0.4 is 5.32 Å². The van der Waals surface area contributed by atoms with Gasteiger partial charge in [0, 0.05) is 18.7 Å². The Labute approximate surface area is 94.8 Å². The summed E-state index contributed by atoms with van der Waals surface area (Å²) in [5.74, 6) is -0.851. The van der Waals surface area contributed by atoms with E-state index >= 15 is 0 Å². The van der Waals surface area contributed by atoms with E-state index in [9.17, 15) is 9.59 Å². The van der Waals surface area contributed by atoms with Crippen LogP contribution in [0, 0.1) is 19.8 Å². The van der Waals surface area contributed by atoms with Crippen LogP contribution in [0.1, 0.15) is 35.6 Å². The van der Waals surface area contributed by atoms with Gasteiger partial charge in [0.05, 0.1) is 11.3 Å². The Morgan fingerprint density at radius 1 is 1.31 bits per heavy atom. The molecule has 5 heteroatoms. The van der Waals surface area contributed by atoms with E-state index in [2.05, 4.69) is 10.4 Å². The highest BCUT2D eigenvalue weighted by molar-refractivity contribution is 6.06. The van der Waals surface area contributed by atoms with E-state index in [0.29, 0.717) is 11.3 Å². The highest BCUT2D eigenvalue weighted by Crippen LogP contribution is 2.11. The first-order chi connectivity index (χ1) is 7.34. The summed E-state index contributed by atoms with van der Waals surface area (Å²) in [5.41, 5.74) is 1.87. The predicted octanol–water partition coefficient (Wildman–Crippen LogP) is 0.949. The lowest BCUT2D eigenvalue weighted by molar-refractivity contribution is -0.122. The van der Waals surface area contributed by atoms with Crippen molar-refractivity contribution >= 4 is 11.8 Å². The summed E-state index contributed by atoms with van der Waals surface area (Å²) in [6.45, 7) is 7.04. The molecule has 1 N–H and O–H groups in total. The average Bonchev–Trinajstić information content (AvgIpc) is 2.40. The molecule has 1 heterocycles. The van der Waals surface area contributed by atoms with Gasteiger partial charge in [-0.05, 0) is 13.8 Å². The van der Waals surface area contributed by atoms with Gasteiger partial charge in [-0.15, -0.1) is 0 Å². The third-order valence-corrected chi connectivity index (χ3v) is 2.50. The van der Waals surface area contributed by atoms with Crippen molar-refractivity contribution in [2.24, 2.45) is 13.0 Å². The molecule has 0 aliphatic rings. The van der Waals surface area contributed by atoms with Crippen LogP contribution in [-0.4, -0.2) is 21.6 Å². The number of carbonyl (C=O) groups is 2. The summed E-state index contributed by atoms with van der Waals surface area (Å²) >= 11 is 0. The fourth-order valence-electron chi connectivity index (χ4n) is 1.42. The predicted molar refractivity (Wildman–Crippen MR) is 60.0 cm³/mol. The van der Waals surface area contributed by atoms with Crippen LogP contribution in [0.3, 0.4) is 0 Å². The fraction of sp³-hybridized carbons (Fsp3) is 0.545. The van der Waals surface area contributed by atoms with Gasteiger partial charge in [0.1, 0.15) is 0 Å². The van der Waals surface area contributed by atoms with Crippen LogP contribution in [0.2, 0.25) is 0 Å². The molecule has 0 saturated carbocycles. The van der Waals surface area contributed by atoms with Gasteiger partial charge in [0.25, 0.3) is 5.91 Å².